The number of phenolic OH excluding ortho intramolecular Hbond substituents is 1. The molecule has 2 saturated heterocycles. The van der Waals surface area contributed by atoms with Crippen molar-refractivity contribution < 1.29 is 5.11 Å². The zero-order valence-electron chi connectivity index (χ0n) is 17.4. The molecule has 28 heavy (non-hydrogen) atoms. The second-order valence-corrected chi connectivity index (χ2v) is 8.69. The Labute approximate surface area is 169 Å². The van der Waals surface area contributed by atoms with Crippen LogP contribution in [0.3, 0.4) is 0 Å². The molecule has 3 aliphatic rings. The van der Waals surface area contributed by atoms with Gasteiger partial charge in [-0.3, -0.25) is 0 Å². The number of phenols is 1. The molecule has 1 aliphatic carbocycles. The number of guanidine groups is 1. The Hall–Kier alpha value is -1.75. The molecule has 154 valence electrons. The maximum atomic E-state index is 10.5. The van der Waals surface area contributed by atoms with Crippen molar-refractivity contribution in [2.75, 3.05) is 39.3 Å². The van der Waals surface area contributed by atoms with Gasteiger partial charge in [-0.05, 0) is 88.1 Å². The van der Waals surface area contributed by atoms with Gasteiger partial charge in [-0.2, -0.15) is 0 Å². The van der Waals surface area contributed by atoms with Gasteiger partial charge < -0.3 is 20.2 Å². The van der Waals surface area contributed by atoms with Gasteiger partial charge in [0.15, 0.2) is 5.96 Å². The molecule has 2 aliphatic heterocycles. The van der Waals surface area contributed by atoms with E-state index in [2.05, 4.69) is 28.1 Å². The topological polar surface area (TPSA) is 51.1 Å². The van der Waals surface area contributed by atoms with Crippen LogP contribution in [-0.2, 0) is 19.4 Å². The van der Waals surface area contributed by atoms with E-state index in [9.17, 15) is 5.11 Å². The molecule has 0 radical (unpaired) electrons. The summed E-state index contributed by atoms with van der Waals surface area (Å²) in [5.41, 5.74) is 3.80. The van der Waals surface area contributed by atoms with E-state index in [0.717, 1.165) is 49.9 Å². The molecule has 1 unspecified atom stereocenters. The highest BCUT2D eigenvalue weighted by Crippen LogP contribution is 2.31. The molecule has 0 bridgehead atoms. The predicted octanol–water partition coefficient (Wildman–Crippen LogP) is 3.15. The Bertz CT molecular complexity index is 696. The van der Waals surface area contributed by atoms with E-state index in [-0.39, 0.29) is 0 Å². The summed E-state index contributed by atoms with van der Waals surface area (Å²) in [6.45, 7) is 9.57. The molecule has 2 heterocycles. The average Bonchev–Trinajstić information content (AvgIpc) is 3.39. The maximum Gasteiger partial charge on any atom is 0.194 e. The number of benzene rings is 1. The third-order valence-corrected chi connectivity index (χ3v) is 6.65. The summed E-state index contributed by atoms with van der Waals surface area (Å²) in [4.78, 5) is 10.0. The summed E-state index contributed by atoms with van der Waals surface area (Å²) in [5, 5.41) is 14.0. The van der Waals surface area contributed by atoms with Crippen molar-refractivity contribution >= 4 is 5.96 Å². The quantitative estimate of drug-likeness (QED) is 0.605. The van der Waals surface area contributed by atoms with Gasteiger partial charge in [0, 0.05) is 31.7 Å². The minimum atomic E-state index is 0.411. The zero-order chi connectivity index (χ0) is 19.3. The molecule has 2 fully saturated rings. The molecule has 1 atom stereocenters. The van der Waals surface area contributed by atoms with Crippen LogP contribution < -0.4 is 5.32 Å². The van der Waals surface area contributed by atoms with Crippen molar-refractivity contribution in [1.82, 2.24) is 15.1 Å². The summed E-state index contributed by atoms with van der Waals surface area (Å²) < 4.78 is 0. The first kappa shape index (κ1) is 19.6. The fourth-order valence-corrected chi connectivity index (χ4v) is 5.15. The molecular weight excluding hydrogens is 348 g/mol. The zero-order valence-corrected chi connectivity index (χ0v) is 17.4. The van der Waals surface area contributed by atoms with E-state index in [1.54, 1.807) is 0 Å². The molecule has 4 rings (SSSR count). The minimum Gasteiger partial charge on any atom is -0.508 e. The maximum absolute atomic E-state index is 10.5. The van der Waals surface area contributed by atoms with E-state index in [4.69, 9.17) is 4.99 Å². The smallest absolute Gasteiger partial charge is 0.194 e. The van der Waals surface area contributed by atoms with Gasteiger partial charge in [0.25, 0.3) is 0 Å². The Kier molecular flexibility index (Phi) is 6.40. The van der Waals surface area contributed by atoms with E-state index < -0.39 is 0 Å². The molecule has 5 nitrogen and oxygen atoms in total. The van der Waals surface area contributed by atoms with Crippen LogP contribution in [0.4, 0.5) is 0 Å². The highest BCUT2D eigenvalue weighted by atomic mass is 16.3. The number of hydrogen-bond acceptors (Lipinski definition) is 3. The molecule has 1 aromatic rings. The summed E-state index contributed by atoms with van der Waals surface area (Å²) in [6, 6.07) is 3.97. The van der Waals surface area contributed by atoms with Gasteiger partial charge in [0.1, 0.15) is 5.75 Å². The van der Waals surface area contributed by atoms with Crippen LogP contribution in [0, 0.1) is 5.92 Å². The largest absolute Gasteiger partial charge is 0.508 e. The lowest BCUT2D eigenvalue weighted by atomic mass is 9.88. The van der Waals surface area contributed by atoms with Crippen LogP contribution in [0.1, 0.15) is 55.7 Å². The third-order valence-electron chi connectivity index (χ3n) is 6.65. The van der Waals surface area contributed by atoms with Gasteiger partial charge >= 0.3 is 0 Å². The molecule has 0 spiro atoms. The highest BCUT2D eigenvalue weighted by Gasteiger charge is 2.27. The summed E-state index contributed by atoms with van der Waals surface area (Å²) >= 11 is 0. The molecule has 2 N–H and O–H groups in total. The minimum absolute atomic E-state index is 0.411. The first-order valence-corrected chi connectivity index (χ1v) is 11.3. The molecule has 1 aromatic carbocycles. The second kappa shape index (κ2) is 9.17. The predicted molar refractivity (Wildman–Crippen MR) is 115 cm³/mol. The summed E-state index contributed by atoms with van der Waals surface area (Å²) in [6.07, 6.45) is 8.68. The standard InChI is InChI=1S/C23H36N4O/c1-2-24-23(27-14-11-18(17-27)16-26-12-5-6-13-26)25-15-21-20-8-4-3-7-19(20)9-10-22(21)28/h9-10,18,28H,2-8,11-17H2,1H3,(H,24,25). The lowest BCUT2D eigenvalue weighted by Gasteiger charge is -2.24. The van der Waals surface area contributed by atoms with Crippen molar-refractivity contribution in [3.63, 3.8) is 0 Å². The number of likely N-dealkylation sites (tertiary alicyclic amines) is 2. The van der Waals surface area contributed by atoms with Gasteiger partial charge in [0.2, 0.25) is 0 Å². The SMILES string of the molecule is CCNC(=NCc1c(O)ccc2c1CCCC2)N1CCC(CN2CCCC2)C1. The first-order valence-electron chi connectivity index (χ1n) is 11.3. The monoisotopic (exact) mass is 384 g/mol. The first-order chi connectivity index (χ1) is 13.7. The number of nitrogens with one attached hydrogen (secondary N) is 1. The van der Waals surface area contributed by atoms with Crippen LogP contribution in [0.5, 0.6) is 5.75 Å². The lowest BCUT2D eigenvalue weighted by Crippen LogP contribution is -2.40. The highest BCUT2D eigenvalue weighted by molar-refractivity contribution is 5.80. The Morgan fingerprint density at radius 1 is 1.14 bits per heavy atom. The average molecular weight is 385 g/mol. The van der Waals surface area contributed by atoms with E-state index in [0.29, 0.717) is 12.3 Å². The van der Waals surface area contributed by atoms with Crippen molar-refractivity contribution in [2.45, 2.75) is 58.4 Å². The number of aryl methyl sites for hydroxylation is 1. The molecular formula is C23H36N4O. The molecule has 0 saturated carbocycles. The molecule has 0 amide bonds. The fraction of sp³-hybridized carbons (Fsp3) is 0.696. The number of rotatable bonds is 5. The normalized spacial score (nSPS) is 23.2. The number of aromatic hydroxyl groups is 1. The van der Waals surface area contributed by atoms with Crippen LogP contribution in [0.15, 0.2) is 17.1 Å². The van der Waals surface area contributed by atoms with Gasteiger partial charge in [-0.15, -0.1) is 0 Å². The van der Waals surface area contributed by atoms with Crippen molar-refractivity contribution in [3.05, 3.63) is 28.8 Å². The van der Waals surface area contributed by atoms with E-state index >= 15 is 0 Å². The molecule has 0 aromatic heterocycles. The van der Waals surface area contributed by atoms with Gasteiger partial charge in [-0.1, -0.05) is 6.07 Å². The summed E-state index contributed by atoms with van der Waals surface area (Å²) in [5.74, 6) is 2.17. The number of hydrogen-bond donors (Lipinski definition) is 2. The van der Waals surface area contributed by atoms with Crippen LogP contribution in [-0.4, -0.2) is 60.1 Å². The van der Waals surface area contributed by atoms with E-state index in [1.165, 1.54) is 62.9 Å². The van der Waals surface area contributed by atoms with Crippen molar-refractivity contribution in [2.24, 2.45) is 10.9 Å². The Morgan fingerprint density at radius 2 is 1.96 bits per heavy atom. The van der Waals surface area contributed by atoms with Gasteiger partial charge in [-0.25, -0.2) is 4.99 Å². The number of aliphatic imine (C=N–C) groups is 1. The Balaban J connectivity index is 1.44. The second-order valence-electron chi connectivity index (χ2n) is 8.69. The van der Waals surface area contributed by atoms with Crippen LogP contribution in [0.2, 0.25) is 0 Å². The van der Waals surface area contributed by atoms with E-state index in [1.807, 2.05) is 6.07 Å². The third kappa shape index (κ3) is 4.45. The van der Waals surface area contributed by atoms with Crippen LogP contribution >= 0.6 is 0 Å². The van der Waals surface area contributed by atoms with Crippen molar-refractivity contribution in [1.29, 1.82) is 0 Å². The van der Waals surface area contributed by atoms with Gasteiger partial charge in [0.05, 0.1) is 6.54 Å². The Morgan fingerprint density at radius 3 is 2.79 bits per heavy atom. The number of fused-ring (bicyclic) bond motifs is 1. The van der Waals surface area contributed by atoms with Crippen molar-refractivity contribution in [3.8, 4) is 5.75 Å². The number of nitrogens with zero attached hydrogens (tertiary/aromatic N) is 3. The van der Waals surface area contributed by atoms with Crippen LogP contribution in [0.25, 0.3) is 0 Å². The molecule has 5 heteroatoms. The fourth-order valence-electron chi connectivity index (χ4n) is 5.15. The summed E-state index contributed by atoms with van der Waals surface area (Å²) in [7, 11) is 0. The lowest BCUT2D eigenvalue weighted by molar-refractivity contribution is 0.281.